The van der Waals surface area contributed by atoms with E-state index in [9.17, 15) is 13.2 Å². The summed E-state index contributed by atoms with van der Waals surface area (Å²) in [6.45, 7) is 0.617. The second kappa shape index (κ2) is 6.37. The number of carbonyl (C=O) groups excluding carboxylic acids is 1. The Balaban J connectivity index is 1.55. The molecule has 1 saturated heterocycles. The molecule has 1 fully saturated rings. The van der Waals surface area contributed by atoms with E-state index >= 15 is 0 Å². The summed E-state index contributed by atoms with van der Waals surface area (Å²) in [5.74, 6) is 0.531. The predicted octanol–water partition coefficient (Wildman–Crippen LogP) is 0.677. The van der Waals surface area contributed by atoms with Crippen LogP contribution in [0.25, 0.3) is 11.3 Å². The van der Waals surface area contributed by atoms with Gasteiger partial charge in [-0.3, -0.25) is 4.98 Å². The van der Waals surface area contributed by atoms with Crippen LogP contribution in [0.4, 0.5) is 4.79 Å². The number of urea groups is 1. The molecule has 2 amide bonds. The fraction of sp³-hybridized carbons (Fsp3) is 0.357. The van der Waals surface area contributed by atoms with Crippen molar-refractivity contribution in [3.8, 4) is 11.3 Å². The third-order valence-corrected chi connectivity index (χ3v) is 5.17. The summed E-state index contributed by atoms with van der Waals surface area (Å²) in [7, 11) is -3.00. The van der Waals surface area contributed by atoms with E-state index in [1.54, 1.807) is 24.5 Å². The molecule has 0 radical (unpaired) electrons. The number of nitrogens with zero attached hydrogens (tertiary/aromatic N) is 3. The molecule has 9 heteroatoms. The molecule has 23 heavy (non-hydrogen) atoms. The molecule has 2 aromatic rings. The van der Waals surface area contributed by atoms with Gasteiger partial charge in [0.15, 0.2) is 15.6 Å². The average molecular weight is 336 g/mol. The Morgan fingerprint density at radius 3 is 2.83 bits per heavy atom. The summed E-state index contributed by atoms with van der Waals surface area (Å²) in [6.07, 6.45) is 3.35. The molecule has 0 unspecified atom stereocenters. The van der Waals surface area contributed by atoms with Gasteiger partial charge in [-0.15, -0.1) is 0 Å². The minimum atomic E-state index is -3.00. The molecule has 3 heterocycles. The Bertz CT molecular complexity index is 774. The van der Waals surface area contributed by atoms with Crippen LogP contribution in [-0.4, -0.2) is 54.1 Å². The highest BCUT2D eigenvalue weighted by Gasteiger charge is 2.24. The van der Waals surface area contributed by atoms with Crippen molar-refractivity contribution in [1.82, 2.24) is 20.4 Å². The van der Waals surface area contributed by atoms with Crippen LogP contribution in [-0.2, 0) is 16.4 Å². The van der Waals surface area contributed by atoms with Gasteiger partial charge in [-0.2, -0.15) is 0 Å². The summed E-state index contributed by atoms with van der Waals surface area (Å²) >= 11 is 0. The molecule has 122 valence electrons. The van der Waals surface area contributed by atoms with Crippen molar-refractivity contribution in [2.45, 2.75) is 6.54 Å². The lowest BCUT2D eigenvalue weighted by atomic mass is 10.2. The molecular formula is C14H16N4O4S. The van der Waals surface area contributed by atoms with Crippen molar-refractivity contribution < 1.29 is 17.7 Å². The van der Waals surface area contributed by atoms with E-state index in [4.69, 9.17) is 4.52 Å². The van der Waals surface area contributed by atoms with Crippen molar-refractivity contribution >= 4 is 15.9 Å². The second-order valence-corrected chi connectivity index (χ2v) is 7.52. The topological polar surface area (TPSA) is 105 Å². The number of carbonyl (C=O) groups is 1. The maximum atomic E-state index is 12.0. The zero-order chi connectivity index (χ0) is 16.3. The van der Waals surface area contributed by atoms with Crippen LogP contribution in [0.15, 0.2) is 35.1 Å². The Kier molecular flexibility index (Phi) is 4.28. The first kappa shape index (κ1) is 15.5. The normalized spacial score (nSPS) is 17.0. The molecule has 0 saturated carbocycles. The monoisotopic (exact) mass is 336 g/mol. The Morgan fingerprint density at radius 1 is 1.35 bits per heavy atom. The molecule has 1 aliphatic rings. The van der Waals surface area contributed by atoms with Crippen LogP contribution < -0.4 is 5.32 Å². The maximum Gasteiger partial charge on any atom is 0.317 e. The van der Waals surface area contributed by atoms with E-state index in [1.807, 2.05) is 6.07 Å². The average Bonchev–Trinajstić information content (AvgIpc) is 3.02. The quantitative estimate of drug-likeness (QED) is 0.883. The van der Waals surface area contributed by atoms with Crippen LogP contribution >= 0.6 is 0 Å². The lowest BCUT2D eigenvalue weighted by Gasteiger charge is -2.26. The van der Waals surface area contributed by atoms with Crippen LogP contribution in [0.2, 0.25) is 0 Å². The van der Waals surface area contributed by atoms with E-state index in [2.05, 4.69) is 15.5 Å². The molecule has 1 aliphatic heterocycles. The van der Waals surface area contributed by atoms with E-state index in [0.29, 0.717) is 11.5 Å². The fourth-order valence-electron chi connectivity index (χ4n) is 2.24. The maximum absolute atomic E-state index is 12.0. The van der Waals surface area contributed by atoms with Crippen molar-refractivity contribution in [2.75, 3.05) is 24.6 Å². The number of hydrogen-bond acceptors (Lipinski definition) is 6. The molecule has 1 N–H and O–H groups in total. The van der Waals surface area contributed by atoms with Crippen molar-refractivity contribution in [3.63, 3.8) is 0 Å². The molecule has 0 aromatic carbocycles. The highest BCUT2D eigenvalue weighted by molar-refractivity contribution is 7.91. The van der Waals surface area contributed by atoms with Crippen molar-refractivity contribution in [1.29, 1.82) is 0 Å². The lowest BCUT2D eigenvalue weighted by Crippen LogP contribution is -2.47. The minimum absolute atomic E-state index is 0.00782. The largest absolute Gasteiger partial charge is 0.359 e. The van der Waals surface area contributed by atoms with Gasteiger partial charge in [0.05, 0.1) is 18.1 Å². The number of pyridine rings is 1. The first-order valence-electron chi connectivity index (χ1n) is 7.13. The number of amides is 2. The van der Waals surface area contributed by atoms with Gasteiger partial charge >= 0.3 is 6.03 Å². The highest BCUT2D eigenvalue weighted by atomic mass is 32.2. The standard InChI is InChI=1S/C14H16N4O4S/c19-14(18-4-6-23(20,21)7-5-18)16-10-12-8-13(17-22-12)11-2-1-3-15-9-11/h1-3,8-9H,4-7,10H2,(H,16,19). The van der Waals surface area contributed by atoms with Crippen LogP contribution in [0.3, 0.4) is 0 Å². The van der Waals surface area contributed by atoms with Gasteiger partial charge in [0.1, 0.15) is 5.69 Å². The highest BCUT2D eigenvalue weighted by Crippen LogP contribution is 2.17. The zero-order valence-electron chi connectivity index (χ0n) is 12.3. The van der Waals surface area contributed by atoms with E-state index in [0.717, 1.165) is 5.56 Å². The number of rotatable bonds is 3. The molecule has 8 nitrogen and oxygen atoms in total. The van der Waals surface area contributed by atoms with Gasteiger partial charge in [0.25, 0.3) is 0 Å². The van der Waals surface area contributed by atoms with Crippen LogP contribution in [0.5, 0.6) is 0 Å². The third kappa shape index (κ3) is 3.86. The molecule has 0 spiro atoms. The van der Waals surface area contributed by atoms with Gasteiger partial charge in [0, 0.05) is 37.1 Å². The van der Waals surface area contributed by atoms with Gasteiger partial charge < -0.3 is 14.7 Å². The first-order chi connectivity index (χ1) is 11.0. The van der Waals surface area contributed by atoms with Gasteiger partial charge in [-0.1, -0.05) is 5.16 Å². The lowest BCUT2D eigenvalue weighted by molar-refractivity contribution is 0.200. The van der Waals surface area contributed by atoms with Gasteiger partial charge in [-0.25, -0.2) is 13.2 Å². The van der Waals surface area contributed by atoms with E-state index in [-0.39, 0.29) is 37.2 Å². The van der Waals surface area contributed by atoms with Gasteiger partial charge in [-0.05, 0) is 12.1 Å². The second-order valence-electron chi connectivity index (χ2n) is 5.22. The first-order valence-corrected chi connectivity index (χ1v) is 8.95. The minimum Gasteiger partial charge on any atom is -0.359 e. The smallest absolute Gasteiger partial charge is 0.317 e. The number of aromatic nitrogens is 2. The van der Waals surface area contributed by atoms with E-state index in [1.165, 1.54) is 4.90 Å². The predicted molar refractivity (Wildman–Crippen MR) is 82.2 cm³/mol. The zero-order valence-corrected chi connectivity index (χ0v) is 13.1. The molecule has 0 atom stereocenters. The molecule has 2 aromatic heterocycles. The van der Waals surface area contributed by atoms with E-state index < -0.39 is 9.84 Å². The van der Waals surface area contributed by atoms with Crippen molar-refractivity contribution in [3.05, 3.63) is 36.4 Å². The summed E-state index contributed by atoms with van der Waals surface area (Å²) in [5.41, 5.74) is 1.47. The summed E-state index contributed by atoms with van der Waals surface area (Å²) in [4.78, 5) is 17.5. The van der Waals surface area contributed by atoms with Crippen molar-refractivity contribution in [2.24, 2.45) is 0 Å². The third-order valence-electron chi connectivity index (χ3n) is 3.56. The molecule has 3 rings (SSSR count). The van der Waals surface area contributed by atoms with Gasteiger partial charge in [0.2, 0.25) is 0 Å². The Hall–Kier alpha value is -2.42. The van der Waals surface area contributed by atoms with Crippen LogP contribution in [0, 0.1) is 0 Å². The fourth-order valence-corrected chi connectivity index (χ4v) is 3.44. The summed E-state index contributed by atoms with van der Waals surface area (Å²) < 4.78 is 27.9. The summed E-state index contributed by atoms with van der Waals surface area (Å²) in [6, 6.07) is 5.09. The van der Waals surface area contributed by atoms with Crippen LogP contribution in [0.1, 0.15) is 5.76 Å². The molecule has 0 bridgehead atoms. The number of nitrogens with one attached hydrogen (secondary N) is 1. The number of sulfone groups is 1. The molecule has 0 aliphatic carbocycles. The SMILES string of the molecule is O=C(NCc1cc(-c2cccnc2)no1)N1CCS(=O)(=O)CC1. The molecular weight excluding hydrogens is 320 g/mol. The Morgan fingerprint density at radius 2 is 2.13 bits per heavy atom. The Labute approximate surface area is 133 Å². The summed E-state index contributed by atoms with van der Waals surface area (Å²) in [5, 5.41) is 6.64. The number of hydrogen-bond donors (Lipinski definition) is 1.